The molecule has 0 aliphatic rings. The van der Waals surface area contributed by atoms with Gasteiger partial charge in [-0.1, -0.05) is 43.7 Å². The molecule has 15 heavy (non-hydrogen) atoms. The minimum atomic E-state index is 0.670. The van der Waals surface area contributed by atoms with E-state index in [0.29, 0.717) is 6.04 Å². The van der Waals surface area contributed by atoms with Crippen molar-refractivity contribution in [2.45, 2.75) is 31.6 Å². The van der Waals surface area contributed by atoms with Gasteiger partial charge in [0.2, 0.25) is 0 Å². The number of thioether (sulfide) groups is 1. The van der Waals surface area contributed by atoms with Crippen molar-refractivity contribution in [2.24, 2.45) is 0 Å². The van der Waals surface area contributed by atoms with E-state index in [0.717, 1.165) is 5.75 Å². The van der Waals surface area contributed by atoms with Gasteiger partial charge in [0.05, 0.1) is 0 Å². The molecule has 0 aromatic heterocycles. The zero-order valence-corrected chi connectivity index (χ0v) is 10.5. The Hall–Kier alpha value is -0.470. The van der Waals surface area contributed by atoms with E-state index in [9.17, 15) is 0 Å². The molecule has 0 aliphatic heterocycles. The molecule has 0 aliphatic carbocycles. The van der Waals surface area contributed by atoms with Crippen molar-refractivity contribution in [3.63, 3.8) is 0 Å². The van der Waals surface area contributed by atoms with Gasteiger partial charge in [-0.2, -0.15) is 11.8 Å². The Morgan fingerprint density at radius 3 is 2.60 bits per heavy atom. The van der Waals surface area contributed by atoms with Gasteiger partial charge in [-0.25, -0.2) is 0 Å². The summed E-state index contributed by atoms with van der Waals surface area (Å²) in [6, 6.07) is 11.3. The second-order valence-corrected chi connectivity index (χ2v) is 4.81. The van der Waals surface area contributed by atoms with Crippen molar-refractivity contribution in [2.75, 3.05) is 12.8 Å². The highest BCUT2D eigenvalue weighted by molar-refractivity contribution is 7.98. The van der Waals surface area contributed by atoms with E-state index < -0.39 is 0 Å². The lowest BCUT2D eigenvalue weighted by Crippen LogP contribution is -2.27. The van der Waals surface area contributed by atoms with Crippen molar-refractivity contribution >= 4 is 11.8 Å². The molecule has 1 rings (SSSR count). The highest BCUT2D eigenvalue weighted by atomic mass is 32.2. The summed E-state index contributed by atoms with van der Waals surface area (Å²) >= 11 is 2.02. The molecule has 0 heterocycles. The topological polar surface area (TPSA) is 12.0 Å². The predicted octanol–water partition coefficient (Wildman–Crippen LogP) is 3.31. The lowest BCUT2D eigenvalue weighted by Gasteiger charge is -2.14. The minimum absolute atomic E-state index is 0.670. The number of hydrogen-bond acceptors (Lipinski definition) is 2. The standard InChI is InChI=1S/C13H21NS/c1-3-7-13(14-2)11-15-10-12-8-5-4-6-9-12/h4-6,8-9,13-14H,3,7,10-11H2,1-2H3. The molecule has 0 fully saturated rings. The molecule has 0 saturated heterocycles. The number of rotatable bonds is 7. The molecule has 0 spiro atoms. The Bertz CT molecular complexity index is 248. The molecule has 0 radical (unpaired) electrons. The minimum Gasteiger partial charge on any atom is -0.316 e. The van der Waals surface area contributed by atoms with Crippen LogP contribution in [0.1, 0.15) is 25.3 Å². The molecule has 1 aromatic carbocycles. The highest BCUT2D eigenvalue weighted by Gasteiger charge is 2.04. The second-order valence-electron chi connectivity index (χ2n) is 3.78. The monoisotopic (exact) mass is 223 g/mol. The first-order valence-electron chi connectivity index (χ1n) is 5.65. The SMILES string of the molecule is CCCC(CSCc1ccccc1)NC. The third kappa shape index (κ3) is 5.24. The van der Waals surface area contributed by atoms with Gasteiger partial charge in [0.1, 0.15) is 0 Å². The maximum Gasteiger partial charge on any atom is 0.0185 e. The molecule has 1 unspecified atom stereocenters. The van der Waals surface area contributed by atoms with Gasteiger partial charge in [-0.15, -0.1) is 0 Å². The van der Waals surface area contributed by atoms with E-state index in [-0.39, 0.29) is 0 Å². The van der Waals surface area contributed by atoms with Crippen LogP contribution >= 0.6 is 11.8 Å². The molecule has 84 valence electrons. The van der Waals surface area contributed by atoms with Gasteiger partial charge in [0.25, 0.3) is 0 Å². The molecule has 1 aromatic rings. The van der Waals surface area contributed by atoms with Crippen LogP contribution in [0.2, 0.25) is 0 Å². The fraction of sp³-hybridized carbons (Fsp3) is 0.538. The van der Waals surface area contributed by atoms with Gasteiger partial charge >= 0.3 is 0 Å². The molecule has 1 atom stereocenters. The first kappa shape index (κ1) is 12.6. The first-order valence-corrected chi connectivity index (χ1v) is 6.81. The lowest BCUT2D eigenvalue weighted by molar-refractivity contribution is 0.564. The van der Waals surface area contributed by atoms with Gasteiger partial charge in [-0.05, 0) is 19.0 Å². The van der Waals surface area contributed by atoms with Crippen molar-refractivity contribution in [3.05, 3.63) is 35.9 Å². The summed E-state index contributed by atoms with van der Waals surface area (Å²) in [5.41, 5.74) is 1.42. The van der Waals surface area contributed by atoms with Crippen LogP contribution in [0.3, 0.4) is 0 Å². The fourth-order valence-corrected chi connectivity index (χ4v) is 2.72. The number of nitrogens with one attached hydrogen (secondary N) is 1. The maximum atomic E-state index is 3.37. The second kappa shape index (κ2) is 7.77. The van der Waals surface area contributed by atoms with Gasteiger partial charge < -0.3 is 5.32 Å². The summed E-state index contributed by atoms with van der Waals surface area (Å²) in [5, 5.41) is 3.37. The molecule has 1 nitrogen and oxygen atoms in total. The summed E-state index contributed by atoms with van der Waals surface area (Å²) in [6.07, 6.45) is 2.54. The van der Waals surface area contributed by atoms with Crippen LogP contribution in [0.4, 0.5) is 0 Å². The Morgan fingerprint density at radius 2 is 2.00 bits per heavy atom. The zero-order valence-electron chi connectivity index (χ0n) is 9.70. The average Bonchev–Trinajstić information content (AvgIpc) is 2.29. The molecular formula is C13H21NS. The van der Waals surface area contributed by atoms with Crippen molar-refractivity contribution < 1.29 is 0 Å². The van der Waals surface area contributed by atoms with Crippen LogP contribution in [0.5, 0.6) is 0 Å². The predicted molar refractivity (Wildman–Crippen MR) is 70.4 cm³/mol. The van der Waals surface area contributed by atoms with E-state index in [2.05, 4.69) is 49.6 Å². The Morgan fingerprint density at radius 1 is 1.27 bits per heavy atom. The number of benzene rings is 1. The lowest BCUT2D eigenvalue weighted by atomic mass is 10.2. The molecule has 2 heteroatoms. The van der Waals surface area contributed by atoms with E-state index in [1.165, 1.54) is 24.2 Å². The van der Waals surface area contributed by atoms with Gasteiger partial charge in [0.15, 0.2) is 0 Å². The molecule has 0 saturated carbocycles. The van der Waals surface area contributed by atoms with E-state index in [1.54, 1.807) is 0 Å². The summed E-state index contributed by atoms with van der Waals surface area (Å²) < 4.78 is 0. The van der Waals surface area contributed by atoms with E-state index in [1.807, 2.05) is 11.8 Å². The normalized spacial score (nSPS) is 12.7. The summed E-state index contributed by atoms with van der Waals surface area (Å²) in [6.45, 7) is 2.24. The van der Waals surface area contributed by atoms with Gasteiger partial charge in [-0.3, -0.25) is 0 Å². The van der Waals surface area contributed by atoms with Crippen LogP contribution in [0.25, 0.3) is 0 Å². The zero-order chi connectivity index (χ0) is 10.9. The van der Waals surface area contributed by atoms with Crippen LogP contribution in [0.15, 0.2) is 30.3 Å². The average molecular weight is 223 g/mol. The largest absolute Gasteiger partial charge is 0.316 e. The Kier molecular flexibility index (Phi) is 6.53. The maximum absolute atomic E-state index is 3.37. The highest BCUT2D eigenvalue weighted by Crippen LogP contribution is 2.14. The van der Waals surface area contributed by atoms with Crippen molar-refractivity contribution in [3.8, 4) is 0 Å². The van der Waals surface area contributed by atoms with Crippen molar-refractivity contribution in [1.29, 1.82) is 0 Å². The fourth-order valence-electron chi connectivity index (χ4n) is 1.55. The summed E-state index contributed by atoms with van der Waals surface area (Å²) in [5.74, 6) is 2.34. The van der Waals surface area contributed by atoms with Crippen LogP contribution in [-0.2, 0) is 5.75 Å². The third-order valence-electron chi connectivity index (χ3n) is 2.48. The molecule has 0 amide bonds. The van der Waals surface area contributed by atoms with E-state index >= 15 is 0 Å². The molecule has 0 bridgehead atoms. The Labute approximate surface area is 97.7 Å². The summed E-state index contributed by atoms with van der Waals surface area (Å²) in [4.78, 5) is 0. The number of hydrogen-bond donors (Lipinski definition) is 1. The third-order valence-corrected chi connectivity index (χ3v) is 3.65. The van der Waals surface area contributed by atoms with Crippen LogP contribution < -0.4 is 5.32 Å². The summed E-state index contributed by atoms with van der Waals surface area (Å²) in [7, 11) is 2.06. The smallest absolute Gasteiger partial charge is 0.0185 e. The molecular weight excluding hydrogens is 202 g/mol. The van der Waals surface area contributed by atoms with Crippen LogP contribution in [0, 0.1) is 0 Å². The van der Waals surface area contributed by atoms with Crippen LogP contribution in [-0.4, -0.2) is 18.8 Å². The quantitative estimate of drug-likeness (QED) is 0.761. The van der Waals surface area contributed by atoms with Gasteiger partial charge in [0, 0.05) is 17.5 Å². The van der Waals surface area contributed by atoms with E-state index in [4.69, 9.17) is 0 Å². The first-order chi connectivity index (χ1) is 7.36. The molecule has 1 N–H and O–H groups in total. The van der Waals surface area contributed by atoms with Crippen molar-refractivity contribution in [1.82, 2.24) is 5.32 Å². The Balaban J connectivity index is 2.20.